The molecule has 1 atom stereocenters. The molecule has 0 aliphatic rings. The average Bonchev–Trinajstić information content (AvgIpc) is 3.37. The Bertz CT molecular complexity index is 1550. The van der Waals surface area contributed by atoms with Crippen LogP contribution in [-0.2, 0) is 28.6 Å². The molecule has 0 aliphatic carbocycles. The molecule has 0 aromatic carbocycles. The maximum atomic E-state index is 12.8. The van der Waals surface area contributed by atoms with E-state index in [1.807, 2.05) is 0 Å². The van der Waals surface area contributed by atoms with E-state index in [2.05, 4.69) is 154 Å². The summed E-state index contributed by atoms with van der Waals surface area (Å²) in [5, 5.41) is 0. The molecule has 0 saturated heterocycles. The summed E-state index contributed by atoms with van der Waals surface area (Å²) in [6.07, 6.45) is 81.6. The third-order valence-electron chi connectivity index (χ3n) is 11.6. The molecule has 0 fully saturated rings. The summed E-state index contributed by atoms with van der Waals surface area (Å²) in [6, 6.07) is 0. The van der Waals surface area contributed by atoms with Crippen LogP contribution in [0.4, 0.5) is 0 Å². The van der Waals surface area contributed by atoms with Gasteiger partial charge in [-0.25, -0.2) is 0 Å². The zero-order chi connectivity index (χ0) is 51.4. The highest BCUT2D eigenvalue weighted by Crippen LogP contribution is 2.12. The van der Waals surface area contributed by atoms with Crippen molar-refractivity contribution in [3.8, 4) is 0 Å². The van der Waals surface area contributed by atoms with Crippen LogP contribution in [0, 0.1) is 0 Å². The molecule has 0 radical (unpaired) electrons. The van der Waals surface area contributed by atoms with Crippen LogP contribution in [-0.4, -0.2) is 37.2 Å². The fourth-order valence-electron chi connectivity index (χ4n) is 7.31. The van der Waals surface area contributed by atoms with Crippen LogP contribution in [0.3, 0.4) is 0 Å². The highest BCUT2D eigenvalue weighted by molar-refractivity contribution is 5.71. The Balaban J connectivity index is 4.59. The minimum atomic E-state index is -0.834. The monoisotopic (exact) mass is 981 g/mol. The van der Waals surface area contributed by atoms with E-state index < -0.39 is 6.10 Å². The number of hydrogen-bond donors (Lipinski definition) is 0. The first-order chi connectivity index (χ1) is 35.0. The molecular weight excluding hydrogens is 877 g/mol. The van der Waals surface area contributed by atoms with Crippen LogP contribution >= 0.6 is 0 Å². The van der Waals surface area contributed by atoms with E-state index in [1.54, 1.807) is 0 Å². The quantitative estimate of drug-likeness (QED) is 0.0262. The number of esters is 3. The number of unbranched alkanes of at least 4 members (excludes halogenated alkanes) is 17. The number of hydrogen-bond acceptors (Lipinski definition) is 6. The van der Waals surface area contributed by atoms with Gasteiger partial charge in [-0.2, -0.15) is 0 Å². The molecule has 6 heteroatoms. The summed E-state index contributed by atoms with van der Waals surface area (Å²) < 4.78 is 16.8. The van der Waals surface area contributed by atoms with E-state index in [4.69, 9.17) is 14.2 Å². The van der Waals surface area contributed by atoms with Gasteiger partial charge in [0.1, 0.15) is 13.2 Å². The molecule has 0 N–H and O–H groups in total. The van der Waals surface area contributed by atoms with Gasteiger partial charge in [0.25, 0.3) is 0 Å². The van der Waals surface area contributed by atoms with Gasteiger partial charge in [0.15, 0.2) is 6.10 Å². The normalized spacial score (nSPS) is 13.1. The molecule has 400 valence electrons. The van der Waals surface area contributed by atoms with Gasteiger partial charge in [0.2, 0.25) is 0 Å². The van der Waals surface area contributed by atoms with Crippen LogP contribution in [0.1, 0.15) is 239 Å². The number of allylic oxidation sites excluding steroid dienone is 22. The molecule has 6 nitrogen and oxygen atoms in total. The van der Waals surface area contributed by atoms with E-state index in [0.717, 1.165) is 122 Å². The summed E-state index contributed by atoms with van der Waals surface area (Å²) in [7, 11) is 0. The maximum absolute atomic E-state index is 12.8. The maximum Gasteiger partial charge on any atom is 0.306 e. The first-order valence-electron chi connectivity index (χ1n) is 28.7. The van der Waals surface area contributed by atoms with E-state index in [0.29, 0.717) is 19.3 Å². The van der Waals surface area contributed by atoms with Crippen LogP contribution in [0.2, 0.25) is 0 Å². The van der Waals surface area contributed by atoms with Gasteiger partial charge < -0.3 is 14.2 Å². The molecule has 0 aromatic heterocycles. The SMILES string of the molecule is CC/C=C\C/C=C\C/C=C\C/C=C\CCCCCCC(=O)OC[C@H](COC(=O)CCCCC/C=C\C/C=C\C/C=C\C/C=C\CCCCC)OC(=O)CCC/C=C\C/C=C\C/C=C\CCCCCCCC. The zero-order valence-corrected chi connectivity index (χ0v) is 45.7. The summed E-state index contributed by atoms with van der Waals surface area (Å²) in [5.74, 6) is -1.04. The van der Waals surface area contributed by atoms with Gasteiger partial charge in [-0.1, -0.05) is 219 Å². The van der Waals surface area contributed by atoms with Gasteiger partial charge in [-0.3, -0.25) is 14.4 Å². The second-order valence-corrected chi connectivity index (χ2v) is 18.5. The number of carbonyl (C=O) groups excluding carboxylic acids is 3. The van der Waals surface area contributed by atoms with E-state index in [1.165, 1.54) is 70.6 Å². The molecule has 0 aliphatic heterocycles. The van der Waals surface area contributed by atoms with Crippen LogP contribution in [0.25, 0.3) is 0 Å². The second-order valence-electron chi connectivity index (χ2n) is 18.5. The molecule has 0 bridgehead atoms. The topological polar surface area (TPSA) is 78.9 Å². The minimum Gasteiger partial charge on any atom is -0.462 e. The molecule has 0 aromatic rings. The lowest BCUT2D eigenvalue weighted by molar-refractivity contribution is -0.167. The molecular formula is C65H104O6. The Morgan fingerprint density at radius 2 is 0.563 bits per heavy atom. The lowest BCUT2D eigenvalue weighted by Gasteiger charge is -2.18. The standard InChI is InChI=1S/C65H104O6/c1-4-7-10-13-16-19-22-25-28-31-32-35-37-40-43-46-49-52-55-58-64(67)70-61-62(71-65(68)59-56-53-50-47-44-41-38-34-30-27-24-21-18-15-12-9-6-3)60-69-63(66)57-54-51-48-45-42-39-36-33-29-26-23-20-17-14-11-8-5-2/h8,11,16-17,19-20,25-30,32,35-36,38-41,43,47,50,62H,4-7,9-10,12-15,18,21-24,31,33-34,37,42,44-46,48-49,51-61H2,1-3H3/b11-8-,19-16-,20-17-,28-25-,29-26-,30-27-,35-32-,39-36-,41-38-,43-40-,50-47-/t62-/m1/s1. The van der Waals surface area contributed by atoms with Crippen molar-refractivity contribution >= 4 is 17.9 Å². The van der Waals surface area contributed by atoms with E-state index >= 15 is 0 Å². The van der Waals surface area contributed by atoms with Crippen molar-refractivity contribution < 1.29 is 28.6 Å². The van der Waals surface area contributed by atoms with Gasteiger partial charge in [0, 0.05) is 19.3 Å². The number of rotatable bonds is 50. The molecule has 0 amide bonds. The minimum absolute atomic E-state index is 0.126. The smallest absolute Gasteiger partial charge is 0.306 e. The van der Waals surface area contributed by atoms with Crippen molar-refractivity contribution in [1.29, 1.82) is 0 Å². The van der Waals surface area contributed by atoms with Gasteiger partial charge in [-0.15, -0.1) is 0 Å². The first-order valence-corrected chi connectivity index (χ1v) is 28.7. The summed E-state index contributed by atoms with van der Waals surface area (Å²) in [4.78, 5) is 38.1. The lowest BCUT2D eigenvalue weighted by atomic mass is 10.1. The fourth-order valence-corrected chi connectivity index (χ4v) is 7.31. The lowest BCUT2D eigenvalue weighted by Crippen LogP contribution is -2.30. The van der Waals surface area contributed by atoms with E-state index in [-0.39, 0.29) is 37.5 Å². The highest BCUT2D eigenvalue weighted by Gasteiger charge is 2.19. The molecule has 0 saturated carbocycles. The Hall–Kier alpha value is -4.45. The van der Waals surface area contributed by atoms with Gasteiger partial charge in [0.05, 0.1) is 0 Å². The summed E-state index contributed by atoms with van der Waals surface area (Å²) in [6.45, 7) is 6.39. The predicted octanol–water partition coefficient (Wildman–Crippen LogP) is 19.4. The number of carbonyl (C=O) groups is 3. The third-order valence-corrected chi connectivity index (χ3v) is 11.6. The van der Waals surface area contributed by atoms with Gasteiger partial charge >= 0.3 is 17.9 Å². The zero-order valence-electron chi connectivity index (χ0n) is 45.7. The van der Waals surface area contributed by atoms with Gasteiger partial charge in [-0.05, 0) is 135 Å². The van der Waals surface area contributed by atoms with Crippen molar-refractivity contribution in [3.05, 3.63) is 134 Å². The van der Waals surface area contributed by atoms with Crippen molar-refractivity contribution in [2.45, 2.75) is 245 Å². The first kappa shape index (κ1) is 66.6. The Labute approximate surface area is 436 Å². The van der Waals surface area contributed by atoms with Crippen molar-refractivity contribution in [1.82, 2.24) is 0 Å². The third kappa shape index (κ3) is 56.3. The summed E-state index contributed by atoms with van der Waals surface area (Å²) in [5.41, 5.74) is 0. The molecule has 0 spiro atoms. The average molecular weight is 982 g/mol. The highest BCUT2D eigenvalue weighted by atomic mass is 16.6. The molecule has 0 unspecified atom stereocenters. The number of ether oxygens (including phenoxy) is 3. The second kappa shape index (κ2) is 58.1. The van der Waals surface area contributed by atoms with Crippen molar-refractivity contribution in [3.63, 3.8) is 0 Å². The van der Waals surface area contributed by atoms with Crippen LogP contribution in [0.15, 0.2) is 134 Å². The van der Waals surface area contributed by atoms with Crippen molar-refractivity contribution in [2.75, 3.05) is 13.2 Å². The molecule has 0 rings (SSSR count). The fraction of sp³-hybridized carbons (Fsp3) is 0.615. The largest absolute Gasteiger partial charge is 0.462 e. The summed E-state index contributed by atoms with van der Waals surface area (Å²) >= 11 is 0. The van der Waals surface area contributed by atoms with Crippen LogP contribution in [0.5, 0.6) is 0 Å². The van der Waals surface area contributed by atoms with Crippen molar-refractivity contribution in [2.24, 2.45) is 0 Å². The Morgan fingerprint density at radius 3 is 0.944 bits per heavy atom. The Morgan fingerprint density at radius 1 is 0.296 bits per heavy atom. The molecule has 71 heavy (non-hydrogen) atoms. The van der Waals surface area contributed by atoms with E-state index in [9.17, 15) is 14.4 Å². The Kier molecular flexibility index (Phi) is 54.5. The molecule has 0 heterocycles. The predicted molar refractivity (Wildman–Crippen MR) is 306 cm³/mol. The van der Waals surface area contributed by atoms with Crippen LogP contribution < -0.4 is 0 Å².